The van der Waals surface area contributed by atoms with E-state index in [0.717, 1.165) is 26.2 Å². The number of piperidine rings is 2. The van der Waals surface area contributed by atoms with E-state index in [4.69, 9.17) is 0 Å². The number of nitrogens with one attached hydrogen (secondary N) is 1. The molecule has 1 unspecified atom stereocenters. The van der Waals surface area contributed by atoms with E-state index in [9.17, 15) is 5.11 Å². The number of rotatable bonds is 0. The first-order valence-electron chi connectivity index (χ1n) is 5.04. The predicted octanol–water partition coefficient (Wildman–Crippen LogP) is -0.0915. The minimum atomic E-state index is -0.155. The highest BCUT2D eigenvalue weighted by Gasteiger charge is 2.52. The summed E-state index contributed by atoms with van der Waals surface area (Å²) >= 11 is 0. The van der Waals surface area contributed by atoms with Gasteiger partial charge in [0.25, 0.3) is 0 Å². The average Bonchev–Trinajstić information content (AvgIpc) is 1.97. The van der Waals surface area contributed by atoms with Crippen molar-refractivity contribution in [2.24, 2.45) is 10.8 Å². The lowest BCUT2D eigenvalue weighted by molar-refractivity contribution is -0.135. The van der Waals surface area contributed by atoms with Crippen LogP contribution < -0.4 is 5.32 Å². The van der Waals surface area contributed by atoms with Crippen LogP contribution in [-0.2, 0) is 0 Å². The standard InChI is InChI=1S/C10H20N2O/c1-9-4-11-5-10(2,8(9)13)7-12(3)6-9/h8,11,13H,4-7H2,1-3H3/t8?,9-,10+. The smallest absolute Gasteiger partial charge is 0.0696 e. The highest BCUT2D eigenvalue weighted by atomic mass is 16.3. The molecular formula is C10H20N2O. The maximum absolute atomic E-state index is 10.3. The number of hydrogen-bond donors (Lipinski definition) is 2. The van der Waals surface area contributed by atoms with Crippen molar-refractivity contribution in [2.45, 2.75) is 20.0 Å². The van der Waals surface area contributed by atoms with Crippen LogP contribution in [0.3, 0.4) is 0 Å². The van der Waals surface area contributed by atoms with Crippen LogP contribution in [0.5, 0.6) is 0 Å². The van der Waals surface area contributed by atoms with E-state index in [1.165, 1.54) is 0 Å². The van der Waals surface area contributed by atoms with Gasteiger partial charge in [-0.1, -0.05) is 13.8 Å². The summed E-state index contributed by atoms with van der Waals surface area (Å²) in [6, 6.07) is 0. The molecular weight excluding hydrogens is 164 g/mol. The minimum absolute atomic E-state index is 0.0417. The lowest BCUT2D eigenvalue weighted by Crippen LogP contribution is -2.68. The summed E-state index contributed by atoms with van der Waals surface area (Å²) in [7, 11) is 2.15. The fourth-order valence-corrected chi connectivity index (χ4v) is 3.24. The normalized spacial score (nSPS) is 52.2. The first kappa shape index (κ1) is 9.44. The van der Waals surface area contributed by atoms with Gasteiger partial charge in [0, 0.05) is 37.0 Å². The van der Waals surface area contributed by atoms with Crippen LogP contribution in [0.2, 0.25) is 0 Å². The molecule has 2 N–H and O–H groups in total. The summed E-state index contributed by atoms with van der Waals surface area (Å²) in [5.74, 6) is 0. The van der Waals surface area contributed by atoms with Crippen molar-refractivity contribution < 1.29 is 5.11 Å². The van der Waals surface area contributed by atoms with E-state index in [1.807, 2.05) is 0 Å². The van der Waals surface area contributed by atoms with Gasteiger partial charge in [-0.2, -0.15) is 0 Å². The molecule has 2 heterocycles. The van der Waals surface area contributed by atoms with E-state index in [-0.39, 0.29) is 16.9 Å². The van der Waals surface area contributed by atoms with Gasteiger partial charge in [0.2, 0.25) is 0 Å². The Morgan fingerprint density at radius 1 is 1.23 bits per heavy atom. The molecule has 0 aromatic heterocycles. The van der Waals surface area contributed by atoms with Crippen molar-refractivity contribution in [3.63, 3.8) is 0 Å². The molecule has 0 radical (unpaired) electrons. The largest absolute Gasteiger partial charge is 0.392 e. The van der Waals surface area contributed by atoms with Gasteiger partial charge in [0.1, 0.15) is 0 Å². The molecule has 76 valence electrons. The molecule has 0 aromatic carbocycles. The summed E-state index contributed by atoms with van der Waals surface area (Å²) in [6.07, 6.45) is -0.155. The molecule has 2 rings (SSSR count). The van der Waals surface area contributed by atoms with Gasteiger partial charge in [0.05, 0.1) is 6.10 Å². The summed E-state index contributed by atoms with van der Waals surface area (Å²) in [6.45, 7) is 8.23. The average molecular weight is 184 g/mol. The molecule has 2 bridgehead atoms. The molecule has 3 nitrogen and oxygen atoms in total. The number of aliphatic hydroxyl groups is 1. The molecule has 0 saturated carbocycles. The second kappa shape index (κ2) is 2.69. The maximum Gasteiger partial charge on any atom is 0.0696 e. The molecule has 2 aliphatic heterocycles. The summed E-state index contributed by atoms with van der Waals surface area (Å²) in [5.41, 5.74) is 0.0833. The summed E-state index contributed by atoms with van der Waals surface area (Å²) < 4.78 is 0. The lowest BCUT2D eigenvalue weighted by Gasteiger charge is -2.56. The van der Waals surface area contributed by atoms with Crippen molar-refractivity contribution >= 4 is 0 Å². The van der Waals surface area contributed by atoms with Crippen LogP contribution in [0.25, 0.3) is 0 Å². The van der Waals surface area contributed by atoms with Crippen LogP contribution in [0, 0.1) is 10.8 Å². The SMILES string of the molecule is CN1C[C@]2(C)CNC[C@](C)(C1)C2O. The molecule has 3 heteroatoms. The number of likely N-dealkylation sites (tertiary alicyclic amines) is 1. The van der Waals surface area contributed by atoms with E-state index >= 15 is 0 Å². The Morgan fingerprint density at radius 2 is 1.69 bits per heavy atom. The molecule has 3 atom stereocenters. The first-order valence-corrected chi connectivity index (χ1v) is 5.04. The minimum Gasteiger partial charge on any atom is -0.392 e. The quantitative estimate of drug-likeness (QED) is 0.552. The Morgan fingerprint density at radius 3 is 2.15 bits per heavy atom. The fraction of sp³-hybridized carbons (Fsp3) is 1.00. The Labute approximate surface area is 80.1 Å². The highest BCUT2D eigenvalue weighted by molar-refractivity contribution is 5.06. The Kier molecular flexibility index (Phi) is 1.95. The highest BCUT2D eigenvalue weighted by Crippen LogP contribution is 2.42. The molecule has 2 aliphatic rings. The molecule has 0 aromatic rings. The Balaban J connectivity index is 2.29. The van der Waals surface area contributed by atoms with Crippen molar-refractivity contribution in [3.05, 3.63) is 0 Å². The first-order chi connectivity index (χ1) is 5.96. The van der Waals surface area contributed by atoms with E-state index in [1.54, 1.807) is 0 Å². The third kappa shape index (κ3) is 1.30. The number of hydrogen-bond acceptors (Lipinski definition) is 3. The summed E-state index contributed by atoms with van der Waals surface area (Å²) in [4.78, 5) is 2.34. The molecule has 2 fully saturated rings. The summed E-state index contributed by atoms with van der Waals surface area (Å²) in [5, 5.41) is 13.7. The van der Waals surface area contributed by atoms with Gasteiger partial charge in [0.15, 0.2) is 0 Å². The molecule has 2 saturated heterocycles. The van der Waals surface area contributed by atoms with Gasteiger partial charge in [-0.05, 0) is 7.05 Å². The van der Waals surface area contributed by atoms with Crippen molar-refractivity contribution in [1.82, 2.24) is 10.2 Å². The van der Waals surface area contributed by atoms with E-state index in [0.29, 0.717) is 0 Å². The molecule has 0 amide bonds. The van der Waals surface area contributed by atoms with Crippen LogP contribution in [0.4, 0.5) is 0 Å². The fourth-order valence-electron chi connectivity index (χ4n) is 3.24. The predicted molar refractivity (Wildman–Crippen MR) is 52.6 cm³/mol. The maximum atomic E-state index is 10.3. The second-order valence-corrected chi connectivity index (χ2v) is 5.49. The Bertz CT molecular complexity index is 201. The van der Waals surface area contributed by atoms with Crippen molar-refractivity contribution in [1.29, 1.82) is 0 Å². The van der Waals surface area contributed by atoms with E-state index < -0.39 is 0 Å². The van der Waals surface area contributed by atoms with Crippen molar-refractivity contribution in [2.75, 3.05) is 33.2 Å². The van der Waals surface area contributed by atoms with Gasteiger partial charge in [-0.25, -0.2) is 0 Å². The van der Waals surface area contributed by atoms with Crippen LogP contribution in [-0.4, -0.2) is 49.3 Å². The van der Waals surface area contributed by atoms with Crippen molar-refractivity contribution in [3.8, 4) is 0 Å². The van der Waals surface area contributed by atoms with E-state index in [2.05, 4.69) is 31.1 Å². The van der Waals surface area contributed by atoms with Gasteiger partial charge in [-0.3, -0.25) is 0 Å². The zero-order valence-corrected chi connectivity index (χ0v) is 8.80. The topological polar surface area (TPSA) is 35.5 Å². The number of aliphatic hydroxyl groups excluding tert-OH is 1. The monoisotopic (exact) mass is 184 g/mol. The zero-order valence-electron chi connectivity index (χ0n) is 8.80. The Hall–Kier alpha value is -0.120. The molecule has 0 spiro atoms. The van der Waals surface area contributed by atoms with Crippen LogP contribution in [0.1, 0.15) is 13.8 Å². The molecule has 13 heavy (non-hydrogen) atoms. The third-order valence-corrected chi connectivity index (χ3v) is 3.64. The van der Waals surface area contributed by atoms with Crippen LogP contribution >= 0.6 is 0 Å². The number of nitrogens with zero attached hydrogens (tertiary/aromatic N) is 1. The van der Waals surface area contributed by atoms with Gasteiger partial charge < -0.3 is 15.3 Å². The third-order valence-electron chi connectivity index (χ3n) is 3.64. The lowest BCUT2D eigenvalue weighted by atomic mass is 9.64. The molecule has 0 aliphatic carbocycles. The van der Waals surface area contributed by atoms with Gasteiger partial charge in [-0.15, -0.1) is 0 Å². The zero-order chi connectivity index (χ0) is 9.69. The second-order valence-electron chi connectivity index (χ2n) is 5.49. The van der Waals surface area contributed by atoms with Gasteiger partial charge >= 0.3 is 0 Å². The van der Waals surface area contributed by atoms with Crippen LogP contribution in [0.15, 0.2) is 0 Å². The number of fused-ring (bicyclic) bond motifs is 2.